The summed E-state index contributed by atoms with van der Waals surface area (Å²) >= 11 is 0. The number of rotatable bonds is 6. The third-order valence-corrected chi connectivity index (χ3v) is 2.82. The third-order valence-electron chi connectivity index (χ3n) is 2.82. The molecule has 0 aromatic rings. The van der Waals surface area contributed by atoms with E-state index < -0.39 is 0 Å². The predicted octanol–water partition coefficient (Wildman–Crippen LogP) is 0.875. The van der Waals surface area contributed by atoms with E-state index in [4.69, 9.17) is 5.84 Å². The van der Waals surface area contributed by atoms with Crippen molar-refractivity contribution in [3.8, 4) is 0 Å². The highest BCUT2D eigenvalue weighted by atomic mass is 16.2. The molecule has 1 aliphatic rings. The molecule has 1 atom stereocenters. The quantitative estimate of drug-likeness (QED) is 0.391. The molecule has 4 heteroatoms. The highest BCUT2D eigenvalue weighted by molar-refractivity contribution is 5.81. The lowest BCUT2D eigenvalue weighted by atomic mass is 10.1. The zero-order valence-corrected chi connectivity index (χ0v) is 9.99. The van der Waals surface area contributed by atoms with E-state index in [0.29, 0.717) is 12.0 Å². The van der Waals surface area contributed by atoms with E-state index in [2.05, 4.69) is 24.2 Å². The van der Waals surface area contributed by atoms with Crippen molar-refractivity contribution in [3.05, 3.63) is 0 Å². The lowest BCUT2D eigenvalue weighted by Gasteiger charge is -2.31. The van der Waals surface area contributed by atoms with Crippen LogP contribution in [0.5, 0.6) is 0 Å². The number of carbonyl (C=O) groups excluding carboxylic acids is 1. The van der Waals surface area contributed by atoms with Gasteiger partial charge in [-0.05, 0) is 25.2 Å². The van der Waals surface area contributed by atoms with Crippen LogP contribution in [0.15, 0.2) is 0 Å². The van der Waals surface area contributed by atoms with Gasteiger partial charge >= 0.3 is 0 Å². The van der Waals surface area contributed by atoms with E-state index in [-0.39, 0.29) is 11.9 Å². The lowest BCUT2D eigenvalue weighted by molar-refractivity contribution is -0.127. The maximum absolute atomic E-state index is 11.6. The first-order valence-electron chi connectivity index (χ1n) is 5.86. The molecule has 0 aliphatic heterocycles. The molecular weight excluding hydrogens is 190 g/mol. The Labute approximate surface area is 92.2 Å². The molecule has 0 saturated heterocycles. The molecule has 0 bridgehead atoms. The van der Waals surface area contributed by atoms with Gasteiger partial charge in [0.15, 0.2) is 0 Å². The van der Waals surface area contributed by atoms with Crippen LogP contribution in [-0.2, 0) is 4.79 Å². The van der Waals surface area contributed by atoms with E-state index in [1.165, 1.54) is 12.8 Å². The summed E-state index contributed by atoms with van der Waals surface area (Å²) in [5, 5.41) is 0. The van der Waals surface area contributed by atoms with Crippen molar-refractivity contribution in [2.45, 2.75) is 52.1 Å². The molecule has 1 amide bonds. The van der Waals surface area contributed by atoms with Crippen molar-refractivity contribution in [3.63, 3.8) is 0 Å². The van der Waals surface area contributed by atoms with Gasteiger partial charge < -0.3 is 0 Å². The van der Waals surface area contributed by atoms with Crippen LogP contribution in [0.2, 0.25) is 0 Å². The van der Waals surface area contributed by atoms with Crippen molar-refractivity contribution >= 4 is 5.91 Å². The largest absolute Gasteiger partial charge is 0.293 e. The molecule has 1 unspecified atom stereocenters. The van der Waals surface area contributed by atoms with Gasteiger partial charge in [0.1, 0.15) is 0 Å². The van der Waals surface area contributed by atoms with Crippen molar-refractivity contribution < 1.29 is 4.79 Å². The Bertz CT molecular complexity index is 214. The summed E-state index contributed by atoms with van der Waals surface area (Å²) in [5.41, 5.74) is 2.27. The second-order valence-electron chi connectivity index (χ2n) is 4.75. The lowest BCUT2D eigenvalue weighted by Crippen LogP contribution is -2.50. The van der Waals surface area contributed by atoms with Gasteiger partial charge in [0.2, 0.25) is 0 Å². The van der Waals surface area contributed by atoms with Crippen molar-refractivity contribution in [2.24, 2.45) is 11.8 Å². The summed E-state index contributed by atoms with van der Waals surface area (Å²) in [6.45, 7) is 7.39. The Morgan fingerprint density at radius 3 is 2.47 bits per heavy atom. The molecule has 1 saturated carbocycles. The van der Waals surface area contributed by atoms with Crippen molar-refractivity contribution in [1.82, 2.24) is 10.3 Å². The molecule has 0 aromatic carbocycles. The molecular formula is C11H23N3O. The molecule has 1 fully saturated rings. The molecule has 3 N–H and O–H groups in total. The summed E-state index contributed by atoms with van der Waals surface area (Å²) in [5.74, 6) is 5.75. The number of nitrogens with two attached hydrogens (primary N) is 1. The normalized spacial score (nSPS) is 18.3. The SMILES string of the molecule is CCC(C(=O)NN)N(CC(C)C)C1CC1. The number of amides is 1. The fourth-order valence-corrected chi connectivity index (χ4v) is 2.03. The minimum Gasteiger partial charge on any atom is -0.293 e. The topological polar surface area (TPSA) is 58.4 Å². The van der Waals surface area contributed by atoms with Gasteiger partial charge in [-0.1, -0.05) is 20.8 Å². The predicted molar refractivity (Wildman–Crippen MR) is 61.0 cm³/mol. The first-order valence-corrected chi connectivity index (χ1v) is 5.86. The molecule has 0 radical (unpaired) electrons. The van der Waals surface area contributed by atoms with E-state index in [0.717, 1.165) is 13.0 Å². The Morgan fingerprint density at radius 1 is 1.53 bits per heavy atom. The monoisotopic (exact) mass is 213 g/mol. The number of hydrogen-bond donors (Lipinski definition) is 2. The number of carbonyl (C=O) groups is 1. The van der Waals surface area contributed by atoms with E-state index in [1.807, 2.05) is 6.92 Å². The average molecular weight is 213 g/mol. The molecule has 4 nitrogen and oxygen atoms in total. The Morgan fingerprint density at radius 2 is 2.13 bits per heavy atom. The summed E-state index contributed by atoms with van der Waals surface area (Å²) in [7, 11) is 0. The molecule has 0 aromatic heterocycles. The van der Waals surface area contributed by atoms with Gasteiger partial charge in [-0.25, -0.2) is 5.84 Å². The second kappa shape index (κ2) is 5.47. The highest BCUT2D eigenvalue weighted by Gasteiger charge is 2.36. The minimum atomic E-state index is -0.0510. The van der Waals surface area contributed by atoms with Gasteiger partial charge in [-0.15, -0.1) is 0 Å². The minimum absolute atomic E-state index is 0.0509. The van der Waals surface area contributed by atoms with Gasteiger partial charge in [-0.2, -0.15) is 0 Å². The van der Waals surface area contributed by atoms with Crippen LogP contribution in [0, 0.1) is 5.92 Å². The average Bonchev–Trinajstić information content (AvgIpc) is 2.99. The third kappa shape index (κ3) is 3.47. The maximum Gasteiger partial charge on any atom is 0.251 e. The van der Waals surface area contributed by atoms with Crippen LogP contribution in [0.3, 0.4) is 0 Å². The molecule has 88 valence electrons. The summed E-state index contributed by atoms with van der Waals surface area (Å²) < 4.78 is 0. The molecule has 1 rings (SSSR count). The van der Waals surface area contributed by atoms with Crippen LogP contribution in [0.4, 0.5) is 0 Å². The van der Waals surface area contributed by atoms with E-state index in [1.54, 1.807) is 0 Å². The van der Waals surface area contributed by atoms with Gasteiger partial charge in [0.05, 0.1) is 6.04 Å². The fraction of sp³-hybridized carbons (Fsp3) is 0.909. The van der Waals surface area contributed by atoms with Crippen LogP contribution in [0.25, 0.3) is 0 Å². The Kier molecular flexibility index (Phi) is 4.54. The van der Waals surface area contributed by atoms with Crippen molar-refractivity contribution in [2.75, 3.05) is 6.54 Å². The Hall–Kier alpha value is -0.610. The number of nitrogens with one attached hydrogen (secondary N) is 1. The fourth-order valence-electron chi connectivity index (χ4n) is 2.03. The van der Waals surface area contributed by atoms with Crippen LogP contribution in [0.1, 0.15) is 40.0 Å². The van der Waals surface area contributed by atoms with Gasteiger partial charge in [0.25, 0.3) is 5.91 Å². The first kappa shape index (κ1) is 12.5. The van der Waals surface area contributed by atoms with Crippen LogP contribution in [-0.4, -0.2) is 29.4 Å². The van der Waals surface area contributed by atoms with Gasteiger partial charge in [-0.3, -0.25) is 15.1 Å². The summed E-state index contributed by atoms with van der Waals surface area (Å²) in [6.07, 6.45) is 3.27. The van der Waals surface area contributed by atoms with Crippen LogP contribution >= 0.6 is 0 Å². The first-order chi connectivity index (χ1) is 7.10. The van der Waals surface area contributed by atoms with E-state index in [9.17, 15) is 4.79 Å². The zero-order chi connectivity index (χ0) is 11.4. The zero-order valence-electron chi connectivity index (χ0n) is 9.99. The second-order valence-corrected chi connectivity index (χ2v) is 4.75. The molecule has 0 heterocycles. The van der Waals surface area contributed by atoms with Crippen molar-refractivity contribution in [1.29, 1.82) is 0 Å². The number of hydrazine groups is 1. The molecule has 15 heavy (non-hydrogen) atoms. The van der Waals surface area contributed by atoms with E-state index >= 15 is 0 Å². The van der Waals surface area contributed by atoms with Crippen LogP contribution < -0.4 is 11.3 Å². The standard InChI is InChI=1S/C11H23N3O/c1-4-10(11(15)13-12)14(7-8(2)3)9-5-6-9/h8-10H,4-7,12H2,1-3H3,(H,13,15). The number of nitrogens with zero attached hydrogens (tertiary/aromatic N) is 1. The summed E-state index contributed by atoms with van der Waals surface area (Å²) in [6, 6.07) is 0.555. The smallest absolute Gasteiger partial charge is 0.251 e. The highest BCUT2D eigenvalue weighted by Crippen LogP contribution is 2.30. The molecule has 1 aliphatic carbocycles. The maximum atomic E-state index is 11.6. The molecule has 0 spiro atoms. The Balaban J connectivity index is 2.62. The summed E-state index contributed by atoms with van der Waals surface area (Å²) in [4.78, 5) is 13.9. The number of hydrogen-bond acceptors (Lipinski definition) is 3. The van der Waals surface area contributed by atoms with Gasteiger partial charge in [0, 0.05) is 12.6 Å².